The van der Waals surface area contributed by atoms with Crippen LogP contribution in [-0.4, -0.2) is 19.6 Å². The van der Waals surface area contributed by atoms with Gasteiger partial charge in [0.05, 0.1) is 5.56 Å². The van der Waals surface area contributed by atoms with Crippen molar-refractivity contribution in [3.8, 4) is 34.1 Å². The largest absolute Gasteiger partial charge is 0.457 e. The van der Waals surface area contributed by atoms with E-state index in [4.69, 9.17) is 29.4 Å². The van der Waals surface area contributed by atoms with E-state index in [2.05, 4.69) is 0 Å². The lowest BCUT2D eigenvalue weighted by molar-refractivity contribution is 0.0536. The molecular weight excluding hydrogens is 350 g/mol. The number of esters is 1. The van der Waals surface area contributed by atoms with Crippen LogP contribution in [0.4, 0.5) is 5.69 Å². The molecule has 0 bridgehead atoms. The summed E-state index contributed by atoms with van der Waals surface area (Å²) in [6.45, 7) is 0.451. The molecule has 6 rings (SSSR count). The normalized spacial score (nSPS) is 15.9. The fourth-order valence-electron chi connectivity index (χ4n) is 3.94. The predicted molar refractivity (Wildman–Crippen MR) is 95.2 cm³/mol. The number of rotatable bonds is 1. The Balaban J connectivity index is 1.77. The first-order valence-electron chi connectivity index (χ1n) is 8.46. The van der Waals surface area contributed by atoms with Crippen molar-refractivity contribution >= 4 is 22.4 Å². The van der Waals surface area contributed by atoms with E-state index in [9.17, 15) is 4.79 Å². The first-order chi connectivity index (χ1) is 13.2. The van der Waals surface area contributed by atoms with E-state index in [0.29, 0.717) is 45.4 Å². The van der Waals surface area contributed by atoms with Crippen molar-refractivity contribution in [3.63, 3.8) is 0 Å². The van der Waals surface area contributed by atoms with Crippen LogP contribution < -0.4 is 24.7 Å². The van der Waals surface area contributed by atoms with E-state index in [1.54, 1.807) is 0 Å². The van der Waals surface area contributed by atoms with E-state index < -0.39 is 5.97 Å². The topological polar surface area (TPSA) is 89.2 Å². The number of hydrogen-bond donors (Lipinski definition) is 1. The van der Waals surface area contributed by atoms with Gasteiger partial charge in [-0.15, -0.1) is 0 Å². The minimum atomic E-state index is -0.400. The third-order valence-electron chi connectivity index (χ3n) is 5.17. The first-order valence-corrected chi connectivity index (χ1v) is 8.46. The second kappa shape index (κ2) is 4.97. The van der Waals surface area contributed by atoms with Crippen LogP contribution in [0.5, 0.6) is 23.0 Å². The highest BCUT2D eigenvalue weighted by molar-refractivity contribution is 6.17. The number of carbonyl (C=O) groups is 1. The van der Waals surface area contributed by atoms with Crippen molar-refractivity contribution in [1.82, 2.24) is 0 Å². The number of nitrogens with two attached hydrogens (primary N) is 1. The zero-order chi connectivity index (χ0) is 18.1. The van der Waals surface area contributed by atoms with Crippen molar-refractivity contribution in [2.45, 2.75) is 6.61 Å². The van der Waals surface area contributed by atoms with E-state index in [-0.39, 0.29) is 20.2 Å². The lowest BCUT2D eigenvalue weighted by Gasteiger charge is -2.16. The molecule has 0 atom stereocenters. The van der Waals surface area contributed by atoms with Crippen LogP contribution in [0.15, 0.2) is 30.3 Å². The zero-order valence-electron chi connectivity index (χ0n) is 14.0. The van der Waals surface area contributed by atoms with Gasteiger partial charge in [-0.2, -0.15) is 0 Å². The molecule has 7 heteroatoms. The maximum Gasteiger partial charge on any atom is 0.339 e. The molecule has 3 aliphatic rings. The van der Waals surface area contributed by atoms with Gasteiger partial charge < -0.3 is 29.4 Å². The van der Waals surface area contributed by atoms with Crippen molar-refractivity contribution < 1.29 is 28.5 Å². The fourth-order valence-corrected chi connectivity index (χ4v) is 3.94. The Labute approximate surface area is 153 Å². The summed E-state index contributed by atoms with van der Waals surface area (Å²) < 4.78 is 27.5. The monoisotopic (exact) mass is 363 g/mol. The number of ether oxygens (including phenoxy) is 5. The summed E-state index contributed by atoms with van der Waals surface area (Å²) in [7, 11) is 0. The Bertz CT molecular complexity index is 1170. The summed E-state index contributed by atoms with van der Waals surface area (Å²) in [6.07, 6.45) is 0. The van der Waals surface area contributed by atoms with Crippen LogP contribution in [0.3, 0.4) is 0 Å². The molecule has 7 nitrogen and oxygen atoms in total. The minimum absolute atomic E-state index is 0.121. The molecule has 0 spiro atoms. The predicted octanol–water partition coefficient (Wildman–Crippen LogP) is 3.22. The van der Waals surface area contributed by atoms with Gasteiger partial charge in [0.1, 0.15) is 6.61 Å². The third kappa shape index (κ3) is 1.83. The van der Waals surface area contributed by atoms with Gasteiger partial charge in [-0.05, 0) is 29.8 Å². The zero-order valence-corrected chi connectivity index (χ0v) is 14.0. The van der Waals surface area contributed by atoms with E-state index in [0.717, 1.165) is 16.3 Å². The minimum Gasteiger partial charge on any atom is -0.457 e. The van der Waals surface area contributed by atoms with Gasteiger partial charge in [0.2, 0.25) is 13.6 Å². The molecular formula is C20H13NO6. The van der Waals surface area contributed by atoms with Gasteiger partial charge in [0, 0.05) is 27.6 Å². The van der Waals surface area contributed by atoms with Gasteiger partial charge >= 0.3 is 5.97 Å². The van der Waals surface area contributed by atoms with Gasteiger partial charge in [0.25, 0.3) is 0 Å². The van der Waals surface area contributed by atoms with Crippen LogP contribution >= 0.6 is 0 Å². The Morgan fingerprint density at radius 3 is 2.52 bits per heavy atom. The summed E-state index contributed by atoms with van der Waals surface area (Å²) in [5.41, 5.74) is 9.57. The van der Waals surface area contributed by atoms with Crippen molar-refractivity contribution in [2.24, 2.45) is 0 Å². The maximum atomic E-state index is 12.6. The smallest absolute Gasteiger partial charge is 0.339 e. The number of cyclic esters (lactones) is 1. The molecule has 0 radical (unpaired) electrons. The summed E-state index contributed by atoms with van der Waals surface area (Å²) in [5, 5.41) is 1.53. The molecule has 0 unspecified atom stereocenters. The van der Waals surface area contributed by atoms with E-state index in [1.807, 2.05) is 30.3 Å². The molecule has 0 saturated carbocycles. The van der Waals surface area contributed by atoms with E-state index >= 15 is 0 Å². The molecule has 134 valence electrons. The van der Waals surface area contributed by atoms with Crippen molar-refractivity contribution in [2.75, 3.05) is 19.3 Å². The SMILES string of the molecule is Nc1c2c(c(-c3ccc4c(c3)OCO4)c3c4c(ccc13)OCO4)C(=O)OC2. The molecule has 3 aromatic rings. The third-order valence-corrected chi connectivity index (χ3v) is 5.17. The second-order valence-electron chi connectivity index (χ2n) is 6.51. The van der Waals surface area contributed by atoms with Crippen LogP contribution in [0.2, 0.25) is 0 Å². The number of carbonyl (C=O) groups excluding carboxylic acids is 1. The molecule has 3 heterocycles. The average Bonchev–Trinajstić information content (AvgIpc) is 3.41. The van der Waals surface area contributed by atoms with Gasteiger partial charge in [-0.1, -0.05) is 6.07 Å². The summed E-state index contributed by atoms with van der Waals surface area (Å²) >= 11 is 0. The lowest BCUT2D eigenvalue weighted by atomic mass is 9.88. The van der Waals surface area contributed by atoms with E-state index in [1.165, 1.54) is 0 Å². The van der Waals surface area contributed by atoms with Crippen LogP contribution in [-0.2, 0) is 11.3 Å². The van der Waals surface area contributed by atoms with Gasteiger partial charge in [0.15, 0.2) is 23.0 Å². The van der Waals surface area contributed by atoms with Crippen LogP contribution in [0.25, 0.3) is 21.9 Å². The van der Waals surface area contributed by atoms with Crippen molar-refractivity contribution in [1.29, 1.82) is 0 Å². The molecule has 0 aromatic heterocycles. The number of benzene rings is 3. The number of fused-ring (bicyclic) bond motifs is 5. The van der Waals surface area contributed by atoms with Crippen LogP contribution in [0.1, 0.15) is 15.9 Å². The number of anilines is 1. The van der Waals surface area contributed by atoms with Crippen molar-refractivity contribution in [3.05, 3.63) is 41.5 Å². The highest BCUT2D eigenvalue weighted by Crippen LogP contribution is 2.50. The standard InChI is InChI=1S/C20H13NO6/c21-18-10-2-4-13-19(27-8-25-13)16(10)15(17-11(18)6-23-20(17)22)9-1-3-12-14(5-9)26-7-24-12/h1-5H,6-8,21H2. The maximum absolute atomic E-state index is 12.6. The van der Waals surface area contributed by atoms with Crippen LogP contribution in [0, 0.1) is 0 Å². The number of hydrogen-bond acceptors (Lipinski definition) is 7. The molecule has 2 N–H and O–H groups in total. The molecule has 27 heavy (non-hydrogen) atoms. The molecule has 0 amide bonds. The Hall–Kier alpha value is -3.61. The molecule has 0 saturated heterocycles. The fraction of sp³-hybridized carbons (Fsp3) is 0.150. The lowest BCUT2D eigenvalue weighted by Crippen LogP contribution is -2.03. The van der Waals surface area contributed by atoms with Gasteiger partial charge in [-0.25, -0.2) is 4.79 Å². The average molecular weight is 363 g/mol. The molecule has 0 fully saturated rings. The Morgan fingerprint density at radius 1 is 0.815 bits per heavy atom. The summed E-state index contributed by atoms with van der Waals surface area (Å²) in [6, 6.07) is 9.28. The first kappa shape index (κ1) is 14.5. The highest BCUT2D eigenvalue weighted by Gasteiger charge is 2.33. The molecule has 0 aliphatic carbocycles. The Morgan fingerprint density at radius 2 is 1.59 bits per heavy atom. The Kier molecular flexibility index (Phi) is 2.68. The summed E-state index contributed by atoms with van der Waals surface area (Å²) in [4.78, 5) is 12.6. The summed E-state index contributed by atoms with van der Waals surface area (Å²) in [5.74, 6) is 2.09. The molecule has 3 aromatic carbocycles. The molecule has 3 aliphatic heterocycles. The second-order valence-corrected chi connectivity index (χ2v) is 6.51. The number of nitrogen functional groups attached to an aromatic ring is 1. The highest BCUT2D eigenvalue weighted by atomic mass is 16.7. The van der Waals surface area contributed by atoms with Gasteiger partial charge in [-0.3, -0.25) is 0 Å². The quantitative estimate of drug-likeness (QED) is 0.524.